The van der Waals surface area contributed by atoms with Crippen molar-refractivity contribution in [3.63, 3.8) is 0 Å². The second-order valence-corrected chi connectivity index (χ2v) is 6.74. The second kappa shape index (κ2) is 8.41. The minimum atomic E-state index is -1.03. The summed E-state index contributed by atoms with van der Waals surface area (Å²) in [6.45, 7) is 2.00. The van der Waals surface area contributed by atoms with E-state index in [9.17, 15) is 9.59 Å². The molecule has 0 bridgehead atoms. The van der Waals surface area contributed by atoms with Gasteiger partial charge >= 0.3 is 5.97 Å². The Balaban J connectivity index is 1.77. The van der Waals surface area contributed by atoms with Crippen LogP contribution in [-0.2, 0) is 9.53 Å². The number of aromatic nitrogens is 2. The van der Waals surface area contributed by atoms with Crippen molar-refractivity contribution < 1.29 is 14.3 Å². The van der Waals surface area contributed by atoms with E-state index in [0.717, 1.165) is 11.3 Å². The van der Waals surface area contributed by atoms with Crippen LogP contribution in [0.5, 0.6) is 0 Å². The second-order valence-electron chi connectivity index (χ2n) is 5.73. The molecule has 0 fully saturated rings. The number of anilines is 2. The zero-order valence-electron chi connectivity index (χ0n) is 14.8. The smallest absolute Gasteiger partial charge is 0.335 e. The topological polar surface area (TPSA) is 93.2 Å². The minimum Gasteiger partial charge on any atom is -0.467 e. The summed E-state index contributed by atoms with van der Waals surface area (Å²) in [5.74, 6) is -1.01. The van der Waals surface area contributed by atoms with Crippen molar-refractivity contribution >= 4 is 34.0 Å². The fraction of sp³-hybridized carbons (Fsp3) is 0.158. The van der Waals surface area contributed by atoms with Gasteiger partial charge in [0.2, 0.25) is 5.13 Å². The van der Waals surface area contributed by atoms with Gasteiger partial charge in [-0.1, -0.05) is 47.2 Å². The first-order chi connectivity index (χ1) is 13.1. The number of nitrogens with one attached hydrogen (secondary N) is 2. The van der Waals surface area contributed by atoms with E-state index in [1.54, 1.807) is 24.3 Å². The van der Waals surface area contributed by atoms with Crippen LogP contribution >= 0.6 is 11.3 Å². The molecule has 1 heterocycles. The third kappa shape index (κ3) is 4.68. The van der Waals surface area contributed by atoms with Crippen LogP contribution < -0.4 is 10.6 Å². The van der Waals surface area contributed by atoms with Crippen molar-refractivity contribution in [1.82, 2.24) is 15.5 Å². The highest BCUT2D eigenvalue weighted by Gasteiger charge is 2.28. The Morgan fingerprint density at radius 2 is 1.74 bits per heavy atom. The molecule has 138 valence electrons. The third-order valence-electron chi connectivity index (χ3n) is 3.74. The van der Waals surface area contributed by atoms with Gasteiger partial charge in [-0.25, -0.2) is 4.79 Å². The molecule has 0 radical (unpaired) electrons. The molecule has 3 rings (SSSR count). The number of carbonyl (C=O) groups is 2. The van der Waals surface area contributed by atoms with Gasteiger partial charge in [0, 0.05) is 11.3 Å². The molecule has 0 aliphatic heterocycles. The van der Waals surface area contributed by atoms with Gasteiger partial charge in [0.1, 0.15) is 0 Å². The Morgan fingerprint density at radius 3 is 2.41 bits per heavy atom. The first-order valence-corrected chi connectivity index (χ1v) is 8.99. The minimum absolute atomic E-state index is 0.334. The number of benzene rings is 2. The van der Waals surface area contributed by atoms with Crippen molar-refractivity contribution in [2.45, 2.75) is 13.0 Å². The standard InChI is InChI=1S/C19H18N4O3S/c1-12-8-10-14(11-9-12)20-19-23-22-17(27-19)15(18(25)26-2)21-16(24)13-6-4-3-5-7-13/h3-11,15H,1-2H3,(H,20,23)(H,21,24). The molecule has 8 heteroatoms. The molecule has 1 unspecified atom stereocenters. The van der Waals surface area contributed by atoms with Crippen LogP contribution in [0.3, 0.4) is 0 Å². The highest BCUT2D eigenvalue weighted by Crippen LogP contribution is 2.26. The number of ether oxygens (including phenoxy) is 1. The van der Waals surface area contributed by atoms with E-state index in [1.165, 1.54) is 18.4 Å². The quantitative estimate of drug-likeness (QED) is 0.636. The molecule has 1 aromatic heterocycles. The lowest BCUT2D eigenvalue weighted by atomic mass is 10.2. The summed E-state index contributed by atoms with van der Waals surface area (Å²) in [4.78, 5) is 24.6. The number of hydrogen-bond acceptors (Lipinski definition) is 7. The van der Waals surface area contributed by atoms with E-state index in [4.69, 9.17) is 4.74 Å². The van der Waals surface area contributed by atoms with E-state index >= 15 is 0 Å². The summed E-state index contributed by atoms with van der Waals surface area (Å²) in [6.07, 6.45) is 0. The van der Waals surface area contributed by atoms with Crippen LogP contribution in [0.25, 0.3) is 0 Å². The van der Waals surface area contributed by atoms with E-state index in [0.29, 0.717) is 15.7 Å². The average molecular weight is 382 g/mol. The van der Waals surface area contributed by atoms with Gasteiger partial charge in [-0.3, -0.25) is 4.79 Å². The summed E-state index contributed by atoms with van der Waals surface area (Å²) in [7, 11) is 1.26. The molecular weight excluding hydrogens is 364 g/mol. The van der Waals surface area contributed by atoms with E-state index in [1.807, 2.05) is 37.3 Å². The maximum absolute atomic E-state index is 12.4. The Hall–Kier alpha value is -3.26. The van der Waals surface area contributed by atoms with Crippen LogP contribution in [-0.4, -0.2) is 29.2 Å². The van der Waals surface area contributed by atoms with Crippen molar-refractivity contribution in [2.75, 3.05) is 12.4 Å². The number of nitrogens with zero attached hydrogens (tertiary/aromatic N) is 2. The van der Waals surface area contributed by atoms with Gasteiger partial charge in [-0.05, 0) is 31.2 Å². The molecule has 0 saturated heterocycles. The van der Waals surface area contributed by atoms with Gasteiger partial charge < -0.3 is 15.4 Å². The Labute approximate surface area is 160 Å². The average Bonchev–Trinajstić information content (AvgIpc) is 3.16. The van der Waals surface area contributed by atoms with Crippen molar-refractivity contribution in [3.05, 3.63) is 70.7 Å². The number of aryl methyl sites for hydroxylation is 1. The van der Waals surface area contributed by atoms with Crippen LogP contribution in [0.15, 0.2) is 54.6 Å². The van der Waals surface area contributed by atoms with Gasteiger partial charge in [-0.2, -0.15) is 0 Å². The Bertz CT molecular complexity index is 926. The fourth-order valence-electron chi connectivity index (χ4n) is 2.31. The zero-order valence-corrected chi connectivity index (χ0v) is 15.6. The van der Waals surface area contributed by atoms with Gasteiger partial charge in [0.15, 0.2) is 11.0 Å². The Kier molecular flexibility index (Phi) is 5.77. The van der Waals surface area contributed by atoms with Crippen molar-refractivity contribution in [3.8, 4) is 0 Å². The van der Waals surface area contributed by atoms with Crippen LogP contribution in [0.2, 0.25) is 0 Å². The molecular formula is C19H18N4O3S. The third-order valence-corrected chi connectivity index (χ3v) is 4.64. The van der Waals surface area contributed by atoms with Crippen LogP contribution in [0.4, 0.5) is 10.8 Å². The molecule has 3 aromatic rings. The number of carbonyl (C=O) groups excluding carboxylic acids is 2. The van der Waals surface area contributed by atoms with Gasteiger partial charge in [-0.15, -0.1) is 10.2 Å². The normalized spacial score (nSPS) is 11.5. The largest absolute Gasteiger partial charge is 0.467 e. The van der Waals surface area contributed by atoms with Crippen LogP contribution in [0.1, 0.15) is 27.0 Å². The summed E-state index contributed by atoms with van der Waals surface area (Å²) in [6, 6.07) is 15.4. The predicted octanol–water partition coefficient (Wildman–Crippen LogP) is 3.23. The molecule has 0 saturated carbocycles. The summed E-state index contributed by atoms with van der Waals surface area (Å²) < 4.78 is 4.81. The lowest BCUT2D eigenvalue weighted by Crippen LogP contribution is -2.34. The molecule has 0 aliphatic carbocycles. The van der Waals surface area contributed by atoms with Gasteiger partial charge in [0.25, 0.3) is 5.91 Å². The van der Waals surface area contributed by atoms with E-state index in [2.05, 4.69) is 20.8 Å². The maximum Gasteiger partial charge on any atom is 0.335 e. The van der Waals surface area contributed by atoms with Crippen molar-refractivity contribution in [2.24, 2.45) is 0 Å². The van der Waals surface area contributed by atoms with E-state index < -0.39 is 17.9 Å². The summed E-state index contributed by atoms with van der Waals surface area (Å²) in [5, 5.41) is 14.7. The monoisotopic (exact) mass is 382 g/mol. The molecule has 7 nitrogen and oxygen atoms in total. The number of rotatable bonds is 6. The first kappa shape index (κ1) is 18.5. The van der Waals surface area contributed by atoms with E-state index in [-0.39, 0.29) is 0 Å². The lowest BCUT2D eigenvalue weighted by molar-refractivity contribution is -0.143. The molecule has 1 amide bonds. The first-order valence-electron chi connectivity index (χ1n) is 8.17. The fourth-order valence-corrected chi connectivity index (χ4v) is 3.11. The number of esters is 1. The van der Waals surface area contributed by atoms with Crippen molar-refractivity contribution in [1.29, 1.82) is 0 Å². The highest BCUT2D eigenvalue weighted by molar-refractivity contribution is 7.15. The Morgan fingerprint density at radius 1 is 1.04 bits per heavy atom. The highest BCUT2D eigenvalue weighted by atomic mass is 32.1. The van der Waals surface area contributed by atoms with Crippen LogP contribution in [0, 0.1) is 6.92 Å². The van der Waals surface area contributed by atoms with Gasteiger partial charge in [0.05, 0.1) is 7.11 Å². The molecule has 0 aliphatic rings. The maximum atomic E-state index is 12.4. The molecule has 0 spiro atoms. The summed E-state index contributed by atoms with van der Waals surface area (Å²) >= 11 is 1.17. The number of hydrogen-bond donors (Lipinski definition) is 2. The summed E-state index contributed by atoms with van der Waals surface area (Å²) in [5.41, 5.74) is 2.44. The number of amides is 1. The molecule has 2 aromatic carbocycles. The SMILES string of the molecule is COC(=O)C(NC(=O)c1ccccc1)c1nnc(Nc2ccc(C)cc2)s1. The molecule has 2 N–H and O–H groups in total. The zero-order chi connectivity index (χ0) is 19.2. The predicted molar refractivity (Wildman–Crippen MR) is 103 cm³/mol. The lowest BCUT2D eigenvalue weighted by Gasteiger charge is -2.13. The molecule has 1 atom stereocenters. The molecule has 27 heavy (non-hydrogen) atoms. The number of methoxy groups -OCH3 is 1.